The number of aromatic nitrogens is 1. The molecule has 6 nitrogen and oxygen atoms in total. The maximum Gasteiger partial charge on any atom is 0.335 e. The summed E-state index contributed by atoms with van der Waals surface area (Å²) in [6.07, 6.45) is 4.16. The van der Waals surface area contributed by atoms with Crippen LogP contribution in [0.5, 0.6) is 0 Å². The molecule has 7 heteroatoms. The first-order valence-electron chi connectivity index (χ1n) is 7.81. The van der Waals surface area contributed by atoms with Gasteiger partial charge in [-0.3, -0.25) is 4.79 Å². The average molecular weight is 346 g/mol. The van der Waals surface area contributed by atoms with Gasteiger partial charge in [-0.1, -0.05) is 12.1 Å². The van der Waals surface area contributed by atoms with E-state index in [1.165, 1.54) is 11.3 Å². The molecule has 0 spiro atoms. The molecule has 24 heavy (non-hydrogen) atoms. The van der Waals surface area contributed by atoms with Crippen molar-refractivity contribution >= 4 is 23.2 Å². The first-order chi connectivity index (χ1) is 11.6. The molecule has 126 valence electrons. The molecular weight excluding hydrogens is 328 g/mol. The van der Waals surface area contributed by atoms with Crippen LogP contribution in [0, 0.1) is 0 Å². The second-order valence-corrected chi connectivity index (χ2v) is 6.64. The van der Waals surface area contributed by atoms with Crippen LogP contribution in [0.1, 0.15) is 49.5 Å². The summed E-state index contributed by atoms with van der Waals surface area (Å²) in [7, 11) is 0. The van der Waals surface area contributed by atoms with E-state index >= 15 is 0 Å². The van der Waals surface area contributed by atoms with Crippen molar-refractivity contribution in [3.05, 3.63) is 51.5 Å². The summed E-state index contributed by atoms with van der Waals surface area (Å²) in [6, 6.07) is 6.73. The molecular formula is C17H18N2O4S. The number of aromatic carboxylic acids is 1. The number of hydrogen-bond donors (Lipinski definition) is 2. The van der Waals surface area contributed by atoms with Gasteiger partial charge in [0.1, 0.15) is 16.0 Å². The minimum absolute atomic E-state index is 0.0234. The Morgan fingerprint density at radius 3 is 3.04 bits per heavy atom. The quantitative estimate of drug-likeness (QED) is 0.839. The summed E-state index contributed by atoms with van der Waals surface area (Å²) in [5.41, 5.74) is 1.13. The third kappa shape index (κ3) is 3.98. The highest BCUT2D eigenvalue weighted by Gasteiger charge is 2.22. The number of nitrogens with zero attached hydrogens (tertiary/aromatic N) is 1. The van der Waals surface area contributed by atoms with E-state index in [1.807, 2.05) is 6.07 Å². The van der Waals surface area contributed by atoms with Crippen LogP contribution in [0.4, 0.5) is 0 Å². The van der Waals surface area contributed by atoms with Crippen LogP contribution in [0.25, 0.3) is 0 Å². The minimum atomic E-state index is -0.952. The van der Waals surface area contributed by atoms with Gasteiger partial charge in [0.2, 0.25) is 0 Å². The Hall–Kier alpha value is -2.25. The van der Waals surface area contributed by atoms with Crippen molar-refractivity contribution in [2.24, 2.45) is 0 Å². The standard InChI is InChI=1S/C17H18N2O4S/c20-15(14-10-19-16(24-14)13-5-2-8-23-13)18-7-6-11-3-1-4-12(9-11)17(21)22/h1,3-4,9-10,13H,2,5-8H2,(H,18,20)(H,21,22). The van der Waals surface area contributed by atoms with Gasteiger partial charge in [-0.25, -0.2) is 9.78 Å². The fourth-order valence-corrected chi connectivity index (χ4v) is 3.50. The summed E-state index contributed by atoms with van der Waals surface area (Å²) in [5, 5.41) is 12.7. The third-order valence-corrected chi connectivity index (χ3v) is 4.91. The van der Waals surface area contributed by atoms with Crippen molar-refractivity contribution in [1.29, 1.82) is 0 Å². The molecule has 2 N–H and O–H groups in total. The molecule has 0 aliphatic carbocycles. The fraction of sp³-hybridized carbons (Fsp3) is 0.353. The molecule has 1 aliphatic heterocycles. The maximum atomic E-state index is 12.2. The molecule has 3 rings (SSSR count). The predicted molar refractivity (Wildman–Crippen MR) is 89.5 cm³/mol. The number of carboxylic acids is 1. The van der Waals surface area contributed by atoms with E-state index in [0.29, 0.717) is 17.8 Å². The Morgan fingerprint density at radius 1 is 1.42 bits per heavy atom. The molecule has 0 radical (unpaired) electrons. The molecule has 1 aromatic heterocycles. The SMILES string of the molecule is O=C(O)c1cccc(CCNC(=O)c2cnc(C3CCCO3)s2)c1. The first-order valence-corrected chi connectivity index (χ1v) is 8.63. The smallest absolute Gasteiger partial charge is 0.335 e. The number of hydrogen-bond acceptors (Lipinski definition) is 5. The maximum absolute atomic E-state index is 12.2. The van der Waals surface area contributed by atoms with Gasteiger partial charge in [0, 0.05) is 13.2 Å². The van der Waals surface area contributed by atoms with Crippen LogP contribution in [0.2, 0.25) is 0 Å². The lowest BCUT2D eigenvalue weighted by molar-refractivity contribution is 0.0696. The Morgan fingerprint density at radius 2 is 2.29 bits per heavy atom. The van der Waals surface area contributed by atoms with Crippen LogP contribution in [-0.2, 0) is 11.2 Å². The molecule has 1 unspecified atom stereocenters. The number of carbonyl (C=O) groups is 2. The molecule has 2 aromatic rings. The second-order valence-electron chi connectivity index (χ2n) is 5.58. The number of rotatable bonds is 6. The van der Waals surface area contributed by atoms with E-state index in [0.717, 1.165) is 30.0 Å². The van der Waals surface area contributed by atoms with E-state index in [-0.39, 0.29) is 17.6 Å². The molecule has 0 saturated carbocycles. The molecule has 1 fully saturated rings. The Bertz CT molecular complexity index is 738. The predicted octanol–water partition coefficient (Wildman–Crippen LogP) is 2.67. The van der Waals surface area contributed by atoms with Crippen molar-refractivity contribution < 1.29 is 19.4 Å². The molecule has 1 amide bonds. The highest BCUT2D eigenvalue weighted by atomic mass is 32.1. The number of carbonyl (C=O) groups excluding carboxylic acids is 1. The van der Waals surface area contributed by atoms with E-state index in [2.05, 4.69) is 10.3 Å². The summed E-state index contributed by atoms with van der Waals surface area (Å²) >= 11 is 1.36. The number of thiazole rings is 1. The number of ether oxygens (including phenoxy) is 1. The van der Waals surface area contributed by atoms with Gasteiger partial charge in [-0.2, -0.15) is 0 Å². The number of nitrogens with one attached hydrogen (secondary N) is 1. The van der Waals surface area contributed by atoms with Crippen LogP contribution >= 0.6 is 11.3 Å². The molecule has 1 atom stereocenters. The lowest BCUT2D eigenvalue weighted by atomic mass is 10.1. The number of carboxylic acid groups (broad SMARTS) is 1. The third-order valence-electron chi connectivity index (χ3n) is 3.83. The number of benzene rings is 1. The van der Waals surface area contributed by atoms with Gasteiger partial charge in [-0.15, -0.1) is 11.3 Å². The van der Waals surface area contributed by atoms with Crippen LogP contribution < -0.4 is 5.32 Å². The van der Waals surface area contributed by atoms with E-state index in [4.69, 9.17) is 9.84 Å². The summed E-state index contributed by atoms with van der Waals surface area (Å²) in [5.74, 6) is -1.11. The van der Waals surface area contributed by atoms with E-state index in [9.17, 15) is 9.59 Å². The van der Waals surface area contributed by atoms with Crippen molar-refractivity contribution in [3.63, 3.8) is 0 Å². The highest BCUT2D eigenvalue weighted by Crippen LogP contribution is 2.31. The molecule has 1 aliphatic rings. The van der Waals surface area contributed by atoms with Gasteiger partial charge < -0.3 is 15.2 Å². The van der Waals surface area contributed by atoms with Crippen LogP contribution in [-0.4, -0.2) is 35.1 Å². The minimum Gasteiger partial charge on any atom is -0.478 e. The second kappa shape index (κ2) is 7.55. The lowest BCUT2D eigenvalue weighted by Gasteiger charge is -2.05. The van der Waals surface area contributed by atoms with Crippen LogP contribution in [0.3, 0.4) is 0 Å². The van der Waals surface area contributed by atoms with Crippen molar-refractivity contribution in [3.8, 4) is 0 Å². The first kappa shape index (κ1) is 16.6. The zero-order chi connectivity index (χ0) is 16.9. The molecule has 1 saturated heterocycles. The zero-order valence-corrected chi connectivity index (χ0v) is 13.8. The van der Waals surface area contributed by atoms with E-state index in [1.54, 1.807) is 24.4 Å². The highest BCUT2D eigenvalue weighted by molar-refractivity contribution is 7.13. The van der Waals surface area contributed by atoms with Gasteiger partial charge in [-0.05, 0) is 37.0 Å². The van der Waals surface area contributed by atoms with Crippen LogP contribution in [0.15, 0.2) is 30.5 Å². The van der Waals surface area contributed by atoms with Gasteiger partial charge in [0.15, 0.2) is 0 Å². The lowest BCUT2D eigenvalue weighted by Crippen LogP contribution is -2.24. The summed E-state index contributed by atoms with van der Waals surface area (Å²) < 4.78 is 5.57. The van der Waals surface area contributed by atoms with Gasteiger partial charge in [0.25, 0.3) is 5.91 Å². The van der Waals surface area contributed by atoms with Gasteiger partial charge >= 0.3 is 5.97 Å². The summed E-state index contributed by atoms with van der Waals surface area (Å²) in [6.45, 7) is 1.19. The Kier molecular flexibility index (Phi) is 5.22. The van der Waals surface area contributed by atoms with E-state index < -0.39 is 5.97 Å². The monoisotopic (exact) mass is 346 g/mol. The molecule has 2 heterocycles. The number of amides is 1. The van der Waals surface area contributed by atoms with Crippen molar-refractivity contribution in [2.45, 2.75) is 25.4 Å². The normalized spacial score (nSPS) is 16.9. The molecule has 1 aromatic carbocycles. The Labute approximate surface area is 143 Å². The average Bonchev–Trinajstić information content (AvgIpc) is 3.26. The topological polar surface area (TPSA) is 88.5 Å². The largest absolute Gasteiger partial charge is 0.478 e. The molecule has 0 bridgehead atoms. The van der Waals surface area contributed by atoms with Gasteiger partial charge in [0.05, 0.1) is 11.8 Å². The van der Waals surface area contributed by atoms with Crippen molar-refractivity contribution in [1.82, 2.24) is 10.3 Å². The zero-order valence-electron chi connectivity index (χ0n) is 13.0. The van der Waals surface area contributed by atoms with Crippen molar-refractivity contribution in [2.75, 3.05) is 13.2 Å². The summed E-state index contributed by atoms with van der Waals surface area (Å²) in [4.78, 5) is 28.0. The Balaban J connectivity index is 1.52. The fourth-order valence-electron chi connectivity index (χ4n) is 2.58.